The topological polar surface area (TPSA) is 82.1 Å². The van der Waals surface area contributed by atoms with E-state index in [9.17, 15) is 17.6 Å². The van der Waals surface area contributed by atoms with Crippen LogP contribution in [-0.2, 0) is 9.84 Å². The summed E-state index contributed by atoms with van der Waals surface area (Å²) in [5, 5.41) is 0. The number of ketones is 1. The molecular weight excluding hydrogens is 449 g/mol. The smallest absolute Gasteiger partial charge is 0.231 e. The maximum absolute atomic E-state index is 14.1. The minimum absolute atomic E-state index is 0.0652. The maximum Gasteiger partial charge on any atom is 0.231 e. The molecule has 0 atom stereocenters. The van der Waals surface area contributed by atoms with Crippen LogP contribution in [-0.4, -0.2) is 27.6 Å². The average molecular weight is 467 g/mol. The number of nitrogens with zero attached hydrogens (tertiary/aromatic N) is 1. The Morgan fingerprint density at radius 2 is 1.79 bits per heavy atom. The number of benzene rings is 3. The van der Waals surface area contributed by atoms with Gasteiger partial charge in [0.2, 0.25) is 22.4 Å². The molecular formula is C24H18FNO6S. The fraction of sp³-hybridized carbons (Fsp3) is 0.125. The van der Waals surface area contributed by atoms with Crippen LogP contribution in [0.25, 0.3) is 0 Å². The van der Waals surface area contributed by atoms with Gasteiger partial charge in [-0.15, -0.1) is 0 Å². The summed E-state index contributed by atoms with van der Waals surface area (Å²) in [6.07, 6.45) is 1.22. The molecule has 0 fully saturated rings. The SMILES string of the molecule is CCOc1ccc(C(=O)C2=CN(c3ccc4c(c3)OCO4)c3cc(F)ccc3S2(=O)=O)cc1. The first-order valence-electron chi connectivity index (χ1n) is 10.1. The van der Waals surface area contributed by atoms with Gasteiger partial charge < -0.3 is 19.1 Å². The Morgan fingerprint density at radius 3 is 2.55 bits per heavy atom. The number of halogens is 1. The van der Waals surface area contributed by atoms with Gasteiger partial charge in [-0.1, -0.05) is 0 Å². The standard InChI is InChI=1S/C24H18FNO6S/c1-2-30-18-7-3-15(4-8-18)24(27)23-13-26(17-6-9-20-21(12-17)32-14-31-20)19-11-16(25)5-10-22(19)33(23,28)29/h3-13H,2,14H2,1H3. The molecule has 0 bridgehead atoms. The summed E-state index contributed by atoms with van der Waals surface area (Å²) in [6.45, 7) is 2.36. The molecule has 0 aliphatic carbocycles. The van der Waals surface area contributed by atoms with Crippen molar-refractivity contribution in [3.05, 3.63) is 83.1 Å². The highest BCUT2D eigenvalue weighted by Gasteiger charge is 2.36. The molecule has 9 heteroatoms. The third-order valence-electron chi connectivity index (χ3n) is 5.29. The lowest BCUT2D eigenvalue weighted by molar-refractivity contribution is 0.104. The van der Waals surface area contributed by atoms with Crippen molar-refractivity contribution in [1.29, 1.82) is 0 Å². The molecule has 0 saturated carbocycles. The number of carbonyl (C=O) groups is 1. The van der Waals surface area contributed by atoms with E-state index in [4.69, 9.17) is 14.2 Å². The second-order valence-electron chi connectivity index (χ2n) is 7.30. The summed E-state index contributed by atoms with van der Waals surface area (Å²) in [7, 11) is -4.20. The molecule has 0 radical (unpaired) electrons. The predicted octanol–water partition coefficient (Wildman–Crippen LogP) is 4.60. The molecule has 0 spiro atoms. The first-order valence-corrected chi connectivity index (χ1v) is 11.6. The Hall–Kier alpha value is -3.85. The average Bonchev–Trinajstić information content (AvgIpc) is 3.27. The van der Waals surface area contributed by atoms with E-state index in [2.05, 4.69) is 0 Å². The fourth-order valence-electron chi connectivity index (χ4n) is 3.72. The quantitative estimate of drug-likeness (QED) is 0.401. The zero-order chi connectivity index (χ0) is 23.2. The second kappa shape index (κ2) is 7.93. The zero-order valence-electron chi connectivity index (χ0n) is 17.4. The molecule has 0 N–H and O–H groups in total. The van der Waals surface area contributed by atoms with Gasteiger partial charge in [-0.05, 0) is 61.5 Å². The number of allylic oxidation sites excluding steroid dienone is 1. The van der Waals surface area contributed by atoms with Crippen LogP contribution in [0.3, 0.4) is 0 Å². The van der Waals surface area contributed by atoms with E-state index >= 15 is 0 Å². The molecule has 5 rings (SSSR count). The van der Waals surface area contributed by atoms with Gasteiger partial charge >= 0.3 is 0 Å². The molecule has 2 aliphatic rings. The van der Waals surface area contributed by atoms with Crippen molar-refractivity contribution in [1.82, 2.24) is 0 Å². The van der Waals surface area contributed by atoms with E-state index in [0.29, 0.717) is 29.5 Å². The summed E-state index contributed by atoms with van der Waals surface area (Å²) in [5.41, 5.74) is 0.763. The van der Waals surface area contributed by atoms with Crippen LogP contribution in [0.4, 0.5) is 15.8 Å². The number of fused-ring (bicyclic) bond motifs is 2. The van der Waals surface area contributed by atoms with Gasteiger partial charge in [0.15, 0.2) is 11.5 Å². The van der Waals surface area contributed by atoms with Crippen LogP contribution in [0.15, 0.2) is 76.7 Å². The molecule has 168 valence electrons. The summed E-state index contributed by atoms with van der Waals surface area (Å²) in [4.78, 5) is 14.2. The molecule has 0 unspecified atom stereocenters. The summed E-state index contributed by atoms with van der Waals surface area (Å²) in [5.74, 6) is 0.282. The molecule has 2 aliphatic heterocycles. The fourth-order valence-corrected chi connectivity index (χ4v) is 5.24. The van der Waals surface area contributed by atoms with Crippen LogP contribution in [0.1, 0.15) is 17.3 Å². The first-order chi connectivity index (χ1) is 15.9. The molecule has 0 saturated heterocycles. The highest BCUT2D eigenvalue weighted by Crippen LogP contribution is 2.43. The largest absolute Gasteiger partial charge is 0.494 e. The van der Waals surface area contributed by atoms with Crippen molar-refractivity contribution < 1.29 is 31.8 Å². The minimum Gasteiger partial charge on any atom is -0.494 e. The Bertz CT molecular complexity index is 1400. The number of Topliss-reactive ketones (excluding diaryl/α,β-unsaturated/α-hetero) is 1. The van der Waals surface area contributed by atoms with Crippen LogP contribution in [0, 0.1) is 5.82 Å². The first kappa shape index (κ1) is 21.0. The molecule has 7 nitrogen and oxygen atoms in total. The third kappa shape index (κ3) is 3.60. The van der Waals surface area contributed by atoms with Gasteiger partial charge in [0.05, 0.1) is 17.2 Å². The molecule has 33 heavy (non-hydrogen) atoms. The monoisotopic (exact) mass is 467 g/mol. The number of hydrogen-bond donors (Lipinski definition) is 0. The molecule has 0 amide bonds. The predicted molar refractivity (Wildman–Crippen MR) is 118 cm³/mol. The molecule has 3 aromatic rings. The van der Waals surface area contributed by atoms with Crippen molar-refractivity contribution in [2.75, 3.05) is 18.3 Å². The van der Waals surface area contributed by atoms with E-state index in [1.807, 2.05) is 6.92 Å². The van der Waals surface area contributed by atoms with Gasteiger partial charge in [0, 0.05) is 23.5 Å². The number of sulfone groups is 1. The van der Waals surface area contributed by atoms with E-state index in [1.165, 1.54) is 29.3 Å². The Morgan fingerprint density at radius 1 is 1.03 bits per heavy atom. The lowest BCUT2D eigenvalue weighted by atomic mass is 10.1. The van der Waals surface area contributed by atoms with Crippen LogP contribution in [0.2, 0.25) is 0 Å². The van der Waals surface area contributed by atoms with Crippen molar-refractivity contribution in [3.63, 3.8) is 0 Å². The number of carbonyl (C=O) groups excluding carboxylic acids is 1. The van der Waals surface area contributed by atoms with Gasteiger partial charge in [0.1, 0.15) is 16.5 Å². The van der Waals surface area contributed by atoms with Crippen LogP contribution in [0.5, 0.6) is 17.2 Å². The summed E-state index contributed by atoms with van der Waals surface area (Å²) >= 11 is 0. The van der Waals surface area contributed by atoms with Gasteiger partial charge in [0.25, 0.3) is 0 Å². The van der Waals surface area contributed by atoms with Gasteiger partial charge in [-0.2, -0.15) is 0 Å². The van der Waals surface area contributed by atoms with E-state index in [0.717, 1.165) is 12.1 Å². The highest BCUT2D eigenvalue weighted by atomic mass is 32.2. The number of ether oxygens (including phenoxy) is 3. The van der Waals surface area contributed by atoms with E-state index in [1.54, 1.807) is 30.3 Å². The Kier molecular flexibility index (Phi) is 5.05. The van der Waals surface area contributed by atoms with Crippen molar-refractivity contribution >= 4 is 27.0 Å². The van der Waals surface area contributed by atoms with Crippen LogP contribution >= 0.6 is 0 Å². The summed E-state index contributed by atoms with van der Waals surface area (Å²) in [6, 6.07) is 14.5. The van der Waals surface area contributed by atoms with E-state index in [-0.39, 0.29) is 22.9 Å². The van der Waals surface area contributed by atoms with Crippen molar-refractivity contribution in [3.8, 4) is 17.2 Å². The molecule has 3 aromatic carbocycles. The minimum atomic E-state index is -4.20. The maximum atomic E-state index is 14.1. The van der Waals surface area contributed by atoms with Crippen molar-refractivity contribution in [2.45, 2.75) is 11.8 Å². The zero-order valence-corrected chi connectivity index (χ0v) is 18.3. The highest BCUT2D eigenvalue weighted by molar-refractivity contribution is 7.96. The number of rotatable bonds is 5. The van der Waals surface area contributed by atoms with Gasteiger partial charge in [-0.3, -0.25) is 4.79 Å². The Labute approximate surface area is 189 Å². The normalized spacial score (nSPS) is 15.6. The number of hydrogen-bond acceptors (Lipinski definition) is 7. The van der Waals surface area contributed by atoms with E-state index < -0.39 is 26.3 Å². The third-order valence-corrected chi connectivity index (χ3v) is 7.09. The lowest BCUT2D eigenvalue weighted by Crippen LogP contribution is -2.26. The Balaban J connectivity index is 1.64. The van der Waals surface area contributed by atoms with Crippen LogP contribution < -0.4 is 19.1 Å². The van der Waals surface area contributed by atoms with Crippen molar-refractivity contribution in [2.24, 2.45) is 0 Å². The second-order valence-corrected chi connectivity index (χ2v) is 9.19. The van der Waals surface area contributed by atoms with Gasteiger partial charge in [-0.25, -0.2) is 12.8 Å². The molecule has 0 aromatic heterocycles. The summed E-state index contributed by atoms with van der Waals surface area (Å²) < 4.78 is 57.0. The molecule has 2 heterocycles. The lowest BCUT2D eigenvalue weighted by Gasteiger charge is -2.29. The number of anilines is 2.